The third kappa shape index (κ3) is 3.22. The van der Waals surface area contributed by atoms with Crippen molar-refractivity contribution in [3.05, 3.63) is 29.1 Å². The van der Waals surface area contributed by atoms with Crippen LogP contribution in [0.1, 0.15) is 30.4 Å². The highest BCUT2D eigenvalue weighted by Crippen LogP contribution is 2.28. The average molecular weight is 292 g/mol. The van der Waals surface area contributed by atoms with Crippen LogP contribution in [0.25, 0.3) is 0 Å². The number of aryl methyl sites for hydroxylation is 1. The van der Waals surface area contributed by atoms with Gasteiger partial charge in [0.15, 0.2) is 0 Å². The molecule has 0 radical (unpaired) electrons. The second-order valence-electron chi connectivity index (χ2n) is 6.50. The SMILES string of the molecule is Cc1cc(N2CCCC2)c(F)cc1CN1CC[C@@H](CO)C1. The summed E-state index contributed by atoms with van der Waals surface area (Å²) in [7, 11) is 0. The highest BCUT2D eigenvalue weighted by atomic mass is 19.1. The molecule has 3 rings (SSSR count). The molecule has 0 spiro atoms. The first-order valence-corrected chi connectivity index (χ1v) is 8.04. The van der Waals surface area contributed by atoms with E-state index >= 15 is 0 Å². The van der Waals surface area contributed by atoms with Crippen LogP contribution in [0, 0.1) is 18.7 Å². The summed E-state index contributed by atoms with van der Waals surface area (Å²) in [5.41, 5.74) is 3.02. The minimum Gasteiger partial charge on any atom is -0.396 e. The molecular formula is C17H25FN2O. The molecular weight excluding hydrogens is 267 g/mol. The summed E-state index contributed by atoms with van der Waals surface area (Å²) in [4.78, 5) is 4.47. The summed E-state index contributed by atoms with van der Waals surface area (Å²) < 4.78 is 14.4. The monoisotopic (exact) mass is 292 g/mol. The Hall–Kier alpha value is -1.13. The second-order valence-corrected chi connectivity index (χ2v) is 6.50. The molecule has 2 saturated heterocycles. The third-order valence-corrected chi connectivity index (χ3v) is 4.87. The van der Waals surface area contributed by atoms with Crippen molar-refractivity contribution in [1.82, 2.24) is 4.90 Å². The van der Waals surface area contributed by atoms with Gasteiger partial charge in [0.05, 0.1) is 5.69 Å². The van der Waals surface area contributed by atoms with Gasteiger partial charge < -0.3 is 10.0 Å². The lowest BCUT2D eigenvalue weighted by molar-refractivity contribution is 0.220. The molecule has 2 aliphatic heterocycles. The number of nitrogens with zero attached hydrogens (tertiary/aromatic N) is 2. The lowest BCUT2D eigenvalue weighted by atomic mass is 10.1. The van der Waals surface area contributed by atoms with Gasteiger partial charge in [-0.25, -0.2) is 4.39 Å². The largest absolute Gasteiger partial charge is 0.396 e. The molecule has 1 aromatic rings. The lowest BCUT2D eigenvalue weighted by Gasteiger charge is -2.22. The molecule has 0 saturated carbocycles. The molecule has 21 heavy (non-hydrogen) atoms. The molecule has 1 N–H and O–H groups in total. The third-order valence-electron chi connectivity index (χ3n) is 4.87. The fourth-order valence-electron chi connectivity index (χ4n) is 3.52. The van der Waals surface area contributed by atoms with Gasteiger partial charge in [-0.1, -0.05) is 0 Å². The zero-order chi connectivity index (χ0) is 14.8. The molecule has 0 unspecified atom stereocenters. The van der Waals surface area contributed by atoms with Gasteiger partial charge in [-0.15, -0.1) is 0 Å². The van der Waals surface area contributed by atoms with Gasteiger partial charge in [0.1, 0.15) is 5.82 Å². The number of aliphatic hydroxyl groups excluding tert-OH is 1. The molecule has 0 aliphatic carbocycles. The fraction of sp³-hybridized carbons (Fsp3) is 0.647. The number of hydrogen-bond acceptors (Lipinski definition) is 3. The summed E-state index contributed by atoms with van der Waals surface area (Å²) in [6.07, 6.45) is 3.37. The zero-order valence-electron chi connectivity index (χ0n) is 12.8. The maximum atomic E-state index is 14.4. The summed E-state index contributed by atoms with van der Waals surface area (Å²) in [5, 5.41) is 9.21. The van der Waals surface area contributed by atoms with Crippen LogP contribution in [0.3, 0.4) is 0 Å². The number of rotatable bonds is 4. The van der Waals surface area contributed by atoms with Crippen molar-refractivity contribution in [3.63, 3.8) is 0 Å². The van der Waals surface area contributed by atoms with Crippen LogP contribution in [0.2, 0.25) is 0 Å². The molecule has 2 heterocycles. The van der Waals surface area contributed by atoms with E-state index in [1.807, 2.05) is 6.07 Å². The van der Waals surface area contributed by atoms with E-state index in [0.717, 1.165) is 63.2 Å². The Morgan fingerprint density at radius 3 is 2.67 bits per heavy atom. The number of anilines is 1. The Bertz CT molecular complexity index is 500. The van der Waals surface area contributed by atoms with Crippen molar-refractivity contribution in [2.24, 2.45) is 5.92 Å². The summed E-state index contributed by atoms with van der Waals surface area (Å²) >= 11 is 0. The Balaban J connectivity index is 1.73. The standard InChI is InChI=1S/C17H25FN2O/c1-13-8-17(20-5-2-3-6-20)16(18)9-15(13)11-19-7-4-14(10-19)12-21/h8-9,14,21H,2-7,10-12H2,1H3/t14-/m1/s1. The maximum absolute atomic E-state index is 14.4. The highest BCUT2D eigenvalue weighted by molar-refractivity contribution is 5.52. The first-order valence-electron chi connectivity index (χ1n) is 8.04. The van der Waals surface area contributed by atoms with E-state index < -0.39 is 0 Å². The molecule has 4 heteroatoms. The maximum Gasteiger partial charge on any atom is 0.146 e. The van der Waals surface area contributed by atoms with Gasteiger partial charge in [-0.3, -0.25) is 4.90 Å². The summed E-state index contributed by atoms with van der Waals surface area (Å²) in [6, 6.07) is 3.73. The molecule has 0 amide bonds. The number of likely N-dealkylation sites (tertiary alicyclic amines) is 1. The Kier molecular flexibility index (Phi) is 4.45. The number of benzene rings is 1. The Labute approximate surface area is 126 Å². The summed E-state index contributed by atoms with van der Waals surface area (Å²) in [6.45, 7) is 7.00. The fourth-order valence-corrected chi connectivity index (χ4v) is 3.52. The first kappa shape index (κ1) is 14.8. The van der Waals surface area contributed by atoms with Crippen LogP contribution >= 0.6 is 0 Å². The topological polar surface area (TPSA) is 26.7 Å². The molecule has 0 aromatic heterocycles. The van der Waals surface area contributed by atoms with Crippen LogP contribution in [-0.2, 0) is 6.54 Å². The number of hydrogen-bond donors (Lipinski definition) is 1. The normalized spacial score (nSPS) is 23.2. The quantitative estimate of drug-likeness (QED) is 0.924. The van der Waals surface area contributed by atoms with E-state index in [0.29, 0.717) is 5.92 Å². The van der Waals surface area contributed by atoms with Gasteiger partial charge in [0.2, 0.25) is 0 Å². The van der Waals surface area contributed by atoms with Crippen LogP contribution in [0.4, 0.5) is 10.1 Å². The second kappa shape index (κ2) is 6.32. The molecule has 1 atom stereocenters. The smallest absolute Gasteiger partial charge is 0.146 e. The predicted octanol–water partition coefficient (Wildman–Crippen LogP) is 2.55. The lowest BCUT2D eigenvalue weighted by Crippen LogP contribution is -2.23. The van der Waals surface area contributed by atoms with E-state index in [9.17, 15) is 9.50 Å². The van der Waals surface area contributed by atoms with Crippen LogP contribution < -0.4 is 4.90 Å². The molecule has 2 aliphatic rings. The minimum atomic E-state index is -0.0876. The molecule has 2 fully saturated rings. The molecule has 116 valence electrons. The van der Waals surface area contributed by atoms with Gasteiger partial charge >= 0.3 is 0 Å². The van der Waals surface area contributed by atoms with Crippen LogP contribution in [0.15, 0.2) is 12.1 Å². The molecule has 3 nitrogen and oxygen atoms in total. The average Bonchev–Trinajstić information content (AvgIpc) is 3.13. The van der Waals surface area contributed by atoms with Crippen molar-refractivity contribution >= 4 is 5.69 Å². The van der Waals surface area contributed by atoms with Gasteiger partial charge in [-0.2, -0.15) is 0 Å². The van der Waals surface area contributed by atoms with Gasteiger partial charge in [-0.05, 0) is 61.9 Å². The molecule has 1 aromatic carbocycles. The van der Waals surface area contributed by atoms with Crippen molar-refractivity contribution in [2.45, 2.75) is 32.7 Å². The van der Waals surface area contributed by atoms with Gasteiger partial charge in [0, 0.05) is 32.8 Å². The van der Waals surface area contributed by atoms with Crippen molar-refractivity contribution < 1.29 is 9.50 Å². The minimum absolute atomic E-state index is 0.0876. The van der Waals surface area contributed by atoms with Crippen molar-refractivity contribution in [1.29, 1.82) is 0 Å². The highest BCUT2D eigenvalue weighted by Gasteiger charge is 2.23. The van der Waals surface area contributed by atoms with Gasteiger partial charge in [0.25, 0.3) is 0 Å². The van der Waals surface area contributed by atoms with Crippen LogP contribution in [0.5, 0.6) is 0 Å². The van der Waals surface area contributed by atoms with Crippen molar-refractivity contribution in [3.8, 4) is 0 Å². The predicted molar refractivity (Wildman–Crippen MR) is 83.1 cm³/mol. The summed E-state index contributed by atoms with van der Waals surface area (Å²) in [5.74, 6) is 0.300. The Morgan fingerprint density at radius 2 is 2.00 bits per heavy atom. The van der Waals surface area contributed by atoms with E-state index in [1.54, 1.807) is 6.07 Å². The van der Waals surface area contributed by atoms with E-state index in [-0.39, 0.29) is 12.4 Å². The Morgan fingerprint density at radius 1 is 1.24 bits per heavy atom. The zero-order valence-corrected chi connectivity index (χ0v) is 12.8. The van der Waals surface area contributed by atoms with Crippen LogP contribution in [-0.4, -0.2) is 42.8 Å². The van der Waals surface area contributed by atoms with Crippen molar-refractivity contribution in [2.75, 3.05) is 37.7 Å². The molecule has 0 bridgehead atoms. The van der Waals surface area contributed by atoms with E-state index in [4.69, 9.17) is 0 Å². The number of aliphatic hydroxyl groups is 1. The van der Waals surface area contributed by atoms with E-state index in [1.165, 1.54) is 5.56 Å². The first-order chi connectivity index (χ1) is 10.2. The van der Waals surface area contributed by atoms with E-state index in [2.05, 4.69) is 16.7 Å². The number of halogens is 1.